The van der Waals surface area contributed by atoms with Gasteiger partial charge in [-0.05, 0) is 6.07 Å². The van der Waals surface area contributed by atoms with Crippen LogP contribution in [0.2, 0.25) is 0 Å². The van der Waals surface area contributed by atoms with Gasteiger partial charge >= 0.3 is 5.97 Å². The second-order valence-electron chi connectivity index (χ2n) is 3.57. The van der Waals surface area contributed by atoms with Crippen molar-refractivity contribution in [2.45, 2.75) is 4.90 Å². The van der Waals surface area contributed by atoms with Crippen molar-refractivity contribution in [2.24, 2.45) is 0 Å². The van der Waals surface area contributed by atoms with Crippen LogP contribution in [-0.2, 0) is 19.6 Å². The number of nitrogens with zero attached hydrogens (tertiary/aromatic N) is 1. The highest BCUT2D eigenvalue weighted by Gasteiger charge is 2.24. The van der Waals surface area contributed by atoms with Crippen LogP contribution in [0.3, 0.4) is 0 Å². The van der Waals surface area contributed by atoms with Crippen LogP contribution in [0, 0.1) is 10.1 Å². The Hall–Kier alpha value is -2.04. The van der Waals surface area contributed by atoms with Crippen LogP contribution < -0.4 is 4.72 Å². The largest absolute Gasteiger partial charge is 0.480 e. The third kappa shape index (κ3) is 4.57. The highest BCUT2D eigenvalue weighted by molar-refractivity contribution is 7.89. The molecule has 0 atom stereocenters. The standard InChI is InChI=1S/C10H12N2O7S/c13-10(14)7-19-6-5-11-20(17,18)9-4-2-1-3-8(9)12(15)16/h1-4,11H,5-7H2,(H,13,14). The van der Waals surface area contributed by atoms with Gasteiger partial charge in [-0.2, -0.15) is 0 Å². The monoisotopic (exact) mass is 304 g/mol. The maximum Gasteiger partial charge on any atom is 0.329 e. The lowest BCUT2D eigenvalue weighted by atomic mass is 10.3. The molecule has 1 aromatic carbocycles. The van der Waals surface area contributed by atoms with Gasteiger partial charge in [-0.15, -0.1) is 0 Å². The Labute approximate surface area is 114 Å². The van der Waals surface area contributed by atoms with E-state index in [1.165, 1.54) is 12.1 Å². The summed E-state index contributed by atoms with van der Waals surface area (Å²) in [6.45, 7) is -0.902. The third-order valence-electron chi connectivity index (χ3n) is 2.12. The third-order valence-corrected chi connectivity index (χ3v) is 3.62. The normalized spacial score (nSPS) is 11.2. The van der Waals surface area contributed by atoms with Crippen LogP contribution >= 0.6 is 0 Å². The minimum Gasteiger partial charge on any atom is -0.480 e. The van der Waals surface area contributed by atoms with E-state index >= 15 is 0 Å². The van der Waals surface area contributed by atoms with E-state index in [9.17, 15) is 23.3 Å². The average molecular weight is 304 g/mol. The predicted octanol–water partition coefficient (Wildman–Crippen LogP) is -0.0257. The van der Waals surface area contributed by atoms with E-state index in [-0.39, 0.29) is 13.2 Å². The van der Waals surface area contributed by atoms with E-state index in [0.717, 1.165) is 12.1 Å². The summed E-state index contributed by atoms with van der Waals surface area (Å²) < 4.78 is 30.5. The van der Waals surface area contributed by atoms with Gasteiger partial charge in [-0.1, -0.05) is 12.1 Å². The molecular weight excluding hydrogens is 292 g/mol. The lowest BCUT2D eigenvalue weighted by Gasteiger charge is -2.07. The molecule has 0 heterocycles. The summed E-state index contributed by atoms with van der Waals surface area (Å²) in [5.74, 6) is -1.17. The number of hydrogen-bond donors (Lipinski definition) is 2. The van der Waals surface area contributed by atoms with Gasteiger partial charge in [-0.3, -0.25) is 10.1 Å². The summed E-state index contributed by atoms with van der Waals surface area (Å²) in [5, 5.41) is 19.1. The molecule has 0 amide bonds. The lowest BCUT2D eigenvalue weighted by molar-refractivity contribution is -0.387. The molecule has 1 aromatic rings. The molecule has 9 nitrogen and oxygen atoms in total. The molecule has 20 heavy (non-hydrogen) atoms. The minimum absolute atomic E-state index is 0.161. The summed E-state index contributed by atoms with van der Waals surface area (Å²) in [7, 11) is -4.06. The zero-order chi connectivity index (χ0) is 15.2. The molecule has 0 aromatic heterocycles. The summed E-state index contributed by atoms with van der Waals surface area (Å²) in [6.07, 6.45) is 0. The van der Waals surface area contributed by atoms with Gasteiger partial charge < -0.3 is 9.84 Å². The van der Waals surface area contributed by atoms with Gasteiger partial charge in [0.15, 0.2) is 4.90 Å². The number of aliphatic carboxylic acids is 1. The van der Waals surface area contributed by atoms with Crippen molar-refractivity contribution in [1.82, 2.24) is 4.72 Å². The zero-order valence-corrected chi connectivity index (χ0v) is 11.0. The number of carboxylic acid groups (broad SMARTS) is 1. The molecule has 0 bridgehead atoms. The Kier molecular flexibility index (Phi) is 5.55. The molecule has 0 saturated heterocycles. The number of sulfonamides is 1. The molecule has 0 unspecified atom stereocenters. The summed E-state index contributed by atoms with van der Waals surface area (Å²) in [4.78, 5) is 19.7. The molecule has 2 N–H and O–H groups in total. The van der Waals surface area contributed by atoms with Crippen molar-refractivity contribution in [3.05, 3.63) is 34.4 Å². The molecule has 1 rings (SSSR count). The van der Waals surface area contributed by atoms with Gasteiger partial charge in [-0.25, -0.2) is 17.9 Å². The van der Waals surface area contributed by atoms with Crippen molar-refractivity contribution in [2.75, 3.05) is 19.8 Å². The number of carbonyl (C=O) groups is 1. The second kappa shape index (κ2) is 6.93. The van der Waals surface area contributed by atoms with E-state index in [2.05, 4.69) is 9.46 Å². The van der Waals surface area contributed by atoms with Gasteiger partial charge in [0.05, 0.1) is 11.5 Å². The minimum atomic E-state index is -4.06. The molecule has 0 saturated carbocycles. The number of nitrogens with one attached hydrogen (secondary N) is 1. The van der Waals surface area contributed by atoms with E-state index in [1.54, 1.807) is 0 Å². The summed E-state index contributed by atoms with van der Waals surface area (Å²) in [6, 6.07) is 4.91. The van der Waals surface area contributed by atoms with Crippen LogP contribution in [0.4, 0.5) is 5.69 Å². The maximum absolute atomic E-state index is 11.9. The van der Waals surface area contributed by atoms with E-state index in [1.807, 2.05) is 0 Å². The van der Waals surface area contributed by atoms with Crippen molar-refractivity contribution in [3.8, 4) is 0 Å². The fourth-order valence-electron chi connectivity index (χ4n) is 1.32. The van der Waals surface area contributed by atoms with Gasteiger partial charge in [0, 0.05) is 12.6 Å². The SMILES string of the molecule is O=C(O)COCCNS(=O)(=O)c1ccccc1[N+](=O)[O-]. The van der Waals surface area contributed by atoms with Gasteiger partial charge in [0.1, 0.15) is 6.61 Å². The molecular formula is C10H12N2O7S. The Morgan fingerprint density at radius 3 is 2.65 bits per heavy atom. The Morgan fingerprint density at radius 2 is 2.05 bits per heavy atom. The number of nitro groups is 1. The Morgan fingerprint density at radius 1 is 1.40 bits per heavy atom. The molecule has 0 spiro atoms. The molecule has 110 valence electrons. The number of nitro benzene ring substituents is 1. The second-order valence-corrected chi connectivity index (χ2v) is 5.30. The molecule has 0 aliphatic rings. The van der Waals surface area contributed by atoms with Crippen LogP contribution in [-0.4, -0.2) is 44.2 Å². The van der Waals surface area contributed by atoms with Crippen LogP contribution in [0.15, 0.2) is 29.2 Å². The van der Waals surface area contributed by atoms with Gasteiger partial charge in [0.25, 0.3) is 5.69 Å². The van der Waals surface area contributed by atoms with Crippen molar-refractivity contribution in [3.63, 3.8) is 0 Å². The zero-order valence-electron chi connectivity index (χ0n) is 10.2. The first-order valence-electron chi connectivity index (χ1n) is 5.37. The number of hydrogen-bond acceptors (Lipinski definition) is 6. The number of benzene rings is 1. The van der Waals surface area contributed by atoms with Crippen LogP contribution in [0.5, 0.6) is 0 Å². The van der Waals surface area contributed by atoms with Crippen LogP contribution in [0.1, 0.15) is 0 Å². The average Bonchev–Trinajstić information content (AvgIpc) is 2.37. The number of para-hydroxylation sites is 1. The first-order valence-corrected chi connectivity index (χ1v) is 6.85. The smallest absolute Gasteiger partial charge is 0.329 e. The Bertz CT molecular complexity index is 599. The number of ether oxygens (including phenoxy) is 1. The topological polar surface area (TPSA) is 136 Å². The lowest BCUT2D eigenvalue weighted by Crippen LogP contribution is -2.28. The summed E-state index contributed by atoms with van der Waals surface area (Å²) in [5.41, 5.74) is -0.536. The molecule has 0 fully saturated rings. The van der Waals surface area contributed by atoms with Crippen molar-refractivity contribution < 1.29 is 28.0 Å². The van der Waals surface area contributed by atoms with E-state index in [4.69, 9.17) is 5.11 Å². The highest BCUT2D eigenvalue weighted by Crippen LogP contribution is 2.22. The number of rotatable bonds is 8. The van der Waals surface area contributed by atoms with Crippen molar-refractivity contribution in [1.29, 1.82) is 0 Å². The molecule has 0 aliphatic carbocycles. The highest BCUT2D eigenvalue weighted by atomic mass is 32.2. The first-order chi connectivity index (χ1) is 9.34. The van der Waals surface area contributed by atoms with Gasteiger partial charge in [0.2, 0.25) is 10.0 Å². The summed E-state index contributed by atoms with van der Waals surface area (Å²) >= 11 is 0. The molecule has 0 aliphatic heterocycles. The maximum atomic E-state index is 11.9. The number of carboxylic acids is 1. The fraction of sp³-hybridized carbons (Fsp3) is 0.300. The molecule has 0 radical (unpaired) electrons. The fourth-order valence-corrected chi connectivity index (χ4v) is 2.50. The quantitative estimate of drug-likeness (QED) is 0.391. The van der Waals surface area contributed by atoms with E-state index < -0.39 is 38.1 Å². The van der Waals surface area contributed by atoms with E-state index in [0.29, 0.717) is 0 Å². The molecule has 10 heteroatoms. The predicted molar refractivity (Wildman–Crippen MR) is 66.7 cm³/mol. The van der Waals surface area contributed by atoms with Crippen LogP contribution in [0.25, 0.3) is 0 Å². The Balaban J connectivity index is 2.70. The van der Waals surface area contributed by atoms with Crippen molar-refractivity contribution >= 4 is 21.7 Å². The first kappa shape index (κ1) is 16.0.